The van der Waals surface area contributed by atoms with Crippen LogP contribution in [0.1, 0.15) is 0 Å². The summed E-state index contributed by atoms with van der Waals surface area (Å²) in [4.78, 5) is 27.6. The highest BCUT2D eigenvalue weighted by atomic mass is 19.1. The van der Waals surface area contributed by atoms with E-state index in [1.165, 1.54) is 53.3 Å². The summed E-state index contributed by atoms with van der Waals surface area (Å²) in [5, 5.41) is 0. The summed E-state index contributed by atoms with van der Waals surface area (Å²) in [5.74, 6) is -2.73. The molecule has 0 saturated heterocycles. The molecule has 6 nitrogen and oxygen atoms in total. The maximum absolute atomic E-state index is 14.5. The van der Waals surface area contributed by atoms with E-state index in [-0.39, 0.29) is 35.9 Å². The van der Waals surface area contributed by atoms with Gasteiger partial charge in [-0.3, -0.25) is 0 Å². The topological polar surface area (TPSA) is 59.1 Å². The highest BCUT2D eigenvalue weighted by molar-refractivity contribution is 6.04. The largest absolute Gasteiger partial charge is 0.466 e. The molecule has 0 radical (unpaired) electrons. The predicted molar refractivity (Wildman–Crippen MR) is 98.6 cm³/mol. The van der Waals surface area contributed by atoms with Gasteiger partial charge < -0.3 is 19.3 Å². The SMILES string of the molecule is COC(=O)C1=C(C(=O)OC)N(c2ccccc2F)CN(c2ccccc2F)C1. The van der Waals surface area contributed by atoms with Gasteiger partial charge in [-0.1, -0.05) is 24.3 Å². The lowest BCUT2D eigenvalue weighted by Crippen LogP contribution is -2.48. The number of hydrogen-bond acceptors (Lipinski definition) is 6. The van der Waals surface area contributed by atoms with Crippen molar-refractivity contribution >= 4 is 23.3 Å². The van der Waals surface area contributed by atoms with E-state index in [1.807, 2.05) is 0 Å². The van der Waals surface area contributed by atoms with Gasteiger partial charge in [0.1, 0.15) is 17.3 Å². The van der Waals surface area contributed by atoms with E-state index in [1.54, 1.807) is 12.1 Å². The summed E-state index contributed by atoms with van der Waals surface area (Å²) in [5.41, 5.74) is 0.0404. The van der Waals surface area contributed by atoms with Gasteiger partial charge in [-0.15, -0.1) is 0 Å². The molecular formula is C20H18F2N2O4. The van der Waals surface area contributed by atoms with E-state index in [9.17, 15) is 18.4 Å². The number of ether oxygens (including phenoxy) is 2. The van der Waals surface area contributed by atoms with Crippen molar-refractivity contribution in [1.82, 2.24) is 0 Å². The summed E-state index contributed by atoms with van der Waals surface area (Å²) in [6.07, 6.45) is 0. The maximum atomic E-state index is 14.5. The van der Waals surface area contributed by atoms with Crippen molar-refractivity contribution in [3.63, 3.8) is 0 Å². The third-order valence-corrected chi connectivity index (χ3v) is 4.36. The van der Waals surface area contributed by atoms with Crippen LogP contribution in [-0.4, -0.2) is 39.4 Å². The lowest BCUT2D eigenvalue weighted by atomic mass is 10.1. The van der Waals surface area contributed by atoms with E-state index in [2.05, 4.69) is 0 Å². The Bertz CT molecular complexity index is 945. The van der Waals surface area contributed by atoms with Gasteiger partial charge in [0, 0.05) is 0 Å². The highest BCUT2D eigenvalue weighted by Crippen LogP contribution is 2.32. The number of nitrogens with zero attached hydrogens (tertiary/aromatic N) is 2. The Morgan fingerprint density at radius 1 is 0.857 bits per heavy atom. The van der Waals surface area contributed by atoms with Crippen molar-refractivity contribution in [2.75, 3.05) is 37.2 Å². The number of anilines is 2. The zero-order valence-electron chi connectivity index (χ0n) is 15.3. The lowest BCUT2D eigenvalue weighted by Gasteiger charge is -2.39. The molecule has 1 heterocycles. The fourth-order valence-electron chi connectivity index (χ4n) is 3.07. The molecule has 2 aromatic carbocycles. The van der Waals surface area contributed by atoms with Crippen molar-refractivity contribution in [3.05, 3.63) is 71.4 Å². The molecule has 0 unspecified atom stereocenters. The van der Waals surface area contributed by atoms with Crippen molar-refractivity contribution < 1.29 is 27.8 Å². The van der Waals surface area contributed by atoms with Crippen LogP contribution >= 0.6 is 0 Å². The van der Waals surface area contributed by atoms with Gasteiger partial charge in [0.15, 0.2) is 0 Å². The second-order valence-electron chi connectivity index (χ2n) is 5.98. The van der Waals surface area contributed by atoms with Crippen LogP contribution in [0.4, 0.5) is 20.2 Å². The molecule has 3 rings (SSSR count). The standard InChI is InChI=1S/C20H18F2N2O4/c1-27-19(25)13-11-23(16-9-5-3-7-14(16)21)12-24(18(13)20(26)28-2)17-10-6-4-8-15(17)22/h3-10H,11-12H2,1-2H3. The number of para-hydroxylation sites is 2. The molecule has 0 amide bonds. The summed E-state index contributed by atoms with van der Waals surface area (Å²) >= 11 is 0. The number of esters is 2. The van der Waals surface area contributed by atoms with Crippen LogP contribution in [0.2, 0.25) is 0 Å². The Morgan fingerprint density at radius 2 is 1.39 bits per heavy atom. The molecule has 0 aromatic heterocycles. The van der Waals surface area contributed by atoms with Gasteiger partial charge in [0.2, 0.25) is 0 Å². The Hall–Kier alpha value is -3.42. The smallest absolute Gasteiger partial charge is 0.355 e. The van der Waals surface area contributed by atoms with Gasteiger partial charge in [-0.05, 0) is 24.3 Å². The number of rotatable bonds is 4. The summed E-state index contributed by atoms with van der Waals surface area (Å²) in [6, 6.07) is 11.8. The van der Waals surface area contributed by atoms with Gasteiger partial charge in [-0.25, -0.2) is 18.4 Å². The third-order valence-electron chi connectivity index (χ3n) is 4.36. The first kappa shape index (κ1) is 19.3. The second kappa shape index (κ2) is 8.08. The van der Waals surface area contributed by atoms with Crippen molar-refractivity contribution in [2.45, 2.75) is 0 Å². The van der Waals surface area contributed by atoms with E-state index in [4.69, 9.17) is 9.47 Å². The molecule has 0 saturated carbocycles. The molecule has 0 aliphatic carbocycles. The van der Waals surface area contributed by atoms with E-state index in [0.717, 1.165) is 7.11 Å². The van der Waals surface area contributed by atoms with E-state index >= 15 is 0 Å². The van der Waals surface area contributed by atoms with Crippen LogP contribution in [0, 0.1) is 11.6 Å². The first-order chi connectivity index (χ1) is 13.5. The molecule has 0 atom stereocenters. The summed E-state index contributed by atoms with van der Waals surface area (Å²) < 4.78 is 38.5. The van der Waals surface area contributed by atoms with Crippen molar-refractivity contribution in [3.8, 4) is 0 Å². The lowest BCUT2D eigenvalue weighted by molar-refractivity contribution is -0.139. The minimum atomic E-state index is -0.822. The van der Waals surface area contributed by atoms with Crippen LogP contribution < -0.4 is 9.80 Å². The number of hydrogen-bond donors (Lipinski definition) is 0. The fourth-order valence-corrected chi connectivity index (χ4v) is 3.07. The van der Waals surface area contributed by atoms with Crippen molar-refractivity contribution in [2.24, 2.45) is 0 Å². The quantitative estimate of drug-likeness (QED) is 0.751. The fraction of sp³-hybridized carbons (Fsp3) is 0.200. The van der Waals surface area contributed by atoms with Crippen LogP contribution in [0.3, 0.4) is 0 Å². The Kier molecular flexibility index (Phi) is 5.58. The van der Waals surface area contributed by atoms with E-state index in [0.29, 0.717) is 0 Å². The number of carbonyl (C=O) groups is 2. The molecule has 0 bridgehead atoms. The number of halogens is 2. The molecule has 2 aromatic rings. The molecule has 28 heavy (non-hydrogen) atoms. The zero-order chi connectivity index (χ0) is 20.3. The molecule has 8 heteroatoms. The average Bonchev–Trinajstić information content (AvgIpc) is 2.72. The molecule has 0 fully saturated rings. The van der Waals surface area contributed by atoms with Gasteiger partial charge in [0.25, 0.3) is 0 Å². The van der Waals surface area contributed by atoms with Gasteiger partial charge in [-0.2, -0.15) is 0 Å². The van der Waals surface area contributed by atoms with Gasteiger partial charge in [0.05, 0.1) is 44.4 Å². The van der Waals surface area contributed by atoms with Crippen LogP contribution in [0.15, 0.2) is 59.8 Å². The molecule has 0 spiro atoms. The first-order valence-electron chi connectivity index (χ1n) is 8.39. The monoisotopic (exact) mass is 388 g/mol. The van der Waals surface area contributed by atoms with Gasteiger partial charge >= 0.3 is 11.9 Å². The van der Waals surface area contributed by atoms with E-state index < -0.39 is 23.6 Å². The Labute approximate surface area is 160 Å². The average molecular weight is 388 g/mol. The zero-order valence-corrected chi connectivity index (χ0v) is 15.3. The maximum Gasteiger partial charge on any atom is 0.355 e. The normalized spacial score (nSPS) is 14.1. The molecule has 0 N–H and O–H groups in total. The highest BCUT2D eigenvalue weighted by Gasteiger charge is 2.36. The predicted octanol–water partition coefficient (Wildman–Crippen LogP) is 2.85. The molecule has 146 valence electrons. The molecule has 1 aliphatic rings. The molecular weight excluding hydrogens is 370 g/mol. The third kappa shape index (κ3) is 3.53. The van der Waals surface area contributed by atoms with Crippen LogP contribution in [0.25, 0.3) is 0 Å². The first-order valence-corrected chi connectivity index (χ1v) is 8.39. The minimum absolute atomic E-state index is 0.0466. The van der Waals surface area contributed by atoms with Crippen LogP contribution in [0.5, 0.6) is 0 Å². The van der Waals surface area contributed by atoms with Crippen molar-refractivity contribution in [1.29, 1.82) is 0 Å². The number of benzene rings is 2. The summed E-state index contributed by atoms with van der Waals surface area (Å²) in [7, 11) is 2.33. The summed E-state index contributed by atoms with van der Waals surface area (Å²) in [6.45, 7) is -0.185. The van der Waals surface area contributed by atoms with Crippen LogP contribution in [-0.2, 0) is 19.1 Å². The second-order valence-corrected chi connectivity index (χ2v) is 5.98. The Balaban J connectivity index is 2.20. The number of carbonyl (C=O) groups excluding carboxylic acids is 2. The number of methoxy groups -OCH3 is 2. The Morgan fingerprint density at radius 3 is 1.93 bits per heavy atom. The molecule has 1 aliphatic heterocycles. The minimum Gasteiger partial charge on any atom is -0.466 e.